The van der Waals surface area contributed by atoms with E-state index < -0.39 is 0 Å². The van der Waals surface area contributed by atoms with Gasteiger partial charge in [-0.3, -0.25) is 4.79 Å². The molecule has 0 aliphatic carbocycles. The molecule has 1 unspecified atom stereocenters. The summed E-state index contributed by atoms with van der Waals surface area (Å²) in [5, 5.41) is 4.31. The van der Waals surface area contributed by atoms with Crippen LogP contribution in [0.2, 0.25) is 0 Å². The van der Waals surface area contributed by atoms with Crippen LogP contribution in [0.1, 0.15) is 17.4 Å². The monoisotopic (exact) mass is 204 g/mol. The van der Waals surface area contributed by atoms with Crippen molar-refractivity contribution in [2.75, 3.05) is 6.54 Å². The molecule has 0 aliphatic heterocycles. The zero-order chi connectivity index (χ0) is 8.97. The number of aromatic nitrogens is 1. The van der Waals surface area contributed by atoms with Crippen molar-refractivity contribution in [1.29, 1.82) is 0 Å². The first kappa shape index (κ1) is 9.48. The van der Waals surface area contributed by atoms with Gasteiger partial charge in [0.1, 0.15) is 5.69 Å². The normalized spacial score (nSPS) is 12.5. The Bertz CT molecular complexity index is 248. The summed E-state index contributed by atoms with van der Waals surface area (Å²) in [5.41, 5.74) is 2.08. The summed E-state index contributed by atoms with van der Waals surface area (Å²) in [4.78, 5) is 15.0. The van der Waals surface area contributed by atoms with Crippen LogP contribution in [0.15, 0.2) is 10.9 Å². The first-order valence-electron chi connectivity index (χ1n) is 3.50. The predicted octanol–water partition coefficient (Wildman–Crippen LogP) is 1.50. The molecular weight excluding hydrogens is 196 g/mol. The smallest absolute Gasteiger partial charge is 0.270 e. The van der Waals surface area contributed by atoms with Crippen molar-refractivity contribution < 1.29 is 4.79 Å². The Balaban J connectivity index is 2.40. The lowest BCUT2D eigenvalue weighted by Gasteiger charge is -2.03. The average molecular weight is 205 g/mol. The molecule has 1 rings (SSSR count). The minimum absolute atomic E-state index is 0.0485. The number of rotatable bonds is 3. The Morgan fingerprint density at radius 2 is 2.67 bits per heavy atom. The molecule has 66 valence electrons. The summed E-state index contributed by atoms with van der Waals surface area (Å²) < 4.78 is 0. The van der Waals surface area contributed by atoms with Gasteiger partial charge in [0.15, 0.2) is 0 Å². The highest BCUT2D eigenvalue weighted by molar-refractivity contribution is 7.07. The van der Waals surface area contributed by atoms with Crippen molar-refractivity contribution in [1.82, 2.24) is 10.3 Å². The second-order valence-corrected chi connectivity index (χ2v) is 3.83. The Kier molecular flexibility index (Phi) is 3.49. The standard InChI is InChI=1S/C7H9ClN2OS/c1-5(8)2-9-7(11)6-3-12-4-10-6/h3-5H,2H2,1H3,(H,9,11). The van der Waals surface area contributed by atoms with E-state index in [4.69, 9.17) is 11.6 Å². The summed E-state index contributed by atoms with van der Waals surface area (Å²) in [6, 6.07) is 0. The number of carbonyl (C=O) groups is 1. The number of thiazole rings is 1. The van der Waals surface area contributed by atoms with Crippen LogP contribution < -0.4 is 5.32 Å². The Hall–Kier alpha value is -0.610. The molecule has 0 saturated carbocycles. The molecule has 1 N–H and O–H groups in total. The molecule has 0 saturated heterocycles. The molecule has 1 atom stereocenters. The molecule has 0 fully saturated rings. The van der Waals surface area contributed by atoms with Gasteiger partial charge in [-0.2, -0.15) is 0 Å². The van der Waals surface area contributed by atoms with Gasteiger partial charge >= 0.3 is 0 Å². The van der Waals surface area contributed by atoms with Gasteiger partial charge in [0, 0.05) is 17.3 Å². The van der Waals surface area contributed by atoms with Crippen LogP contribution >= 0.6 is 22.9 Å². The maximum Gasteiger partial charge on any atom is 0.270 e. The highest BCUT2D eigenvalue weighted by Crippen LogP contribution is 2.00. The molecule has 0 radical (unpaired) electrons. The second kappa shape index (κ2) is 4.42. The van der Waals surface area contributed by atoms with Gasteiger partial charge < -0.3 is 5.32 Å². The van der Waals surface area contributed by atoms with Gasteiger partial charge in [0.2, 0.25) is 0 Å². The number of amides is 1. The summed E-state index contributed by atoms with van der Waals surface area (Å²) in [6.07, 6.45) is 0. The summed E-state index contributed by atoms with van der Waals surface area (Å²) in [5.74, 6) is -0.163. The molecule has 0 bridgehead atoms. The number of nitrogens with one attached hydrogen (secondary N) is 1. The van der Waals surface area contributed by atoms with Gasteiger partial charge in [-0.05, 0) is 6.92 Å². The van der Waals surface area contributed by atoms with E-state index in [2.05, 4.69) is 10.3 Å². The first-order chi connectivity index (χ1) is 5.70. The molecule has 1 aromatic heterocycles. The van der Waals surface area contributed by atoms with E-state index in [1.165, 1.54) is 11.3 Å². The third kappa shape index (κ3) is 2.79. The lowest BCUT2D eigenvalue weighted by Crippen LogP contribution is -2.28. The zero-order valence-electron chi connectivity index (χ0n) is 6.58. The second-order valence-electron chi connectivity index (χ2n) is 2.36. The van der Waals surface area contributed by atoms with Crippen molar-refractivity contribution in [3.05, 3.63) is 16.6 Å². The quantitative estimate of drug-likeness (QED) is 0.759. The van der Waals surface area contributed by atoms with Crippen molar-refractivity contribution in [3.63, 3.8) is 0 Å². The van der Waals surface area contributed by atoms with E-state index in [1.807, 2.05) is 6.92 Å². The number of halogens is 1. The molecule has 1 heterocycles. The fraction of sp³-hybridized carbons (Fsp3) is 0.429. The summed E-state index contributed by atoms with van der Waals surface area (Å²) >= 11 is 7.05. The minimum atomic E-state index is -0.163. The van der Waals surface area contributed by atoms with Crippen molar-refractivity contribution in [3.8, 4) is 0 Å². The Labute approximate surface area is 79.8 Å². The van der Waals surface area contributed by atoms with Crippen LogP contribution in [0.3, 0.4) is 0 Å². The van der Waals surface area contributed by atoms with Crippen LogP contribution in [0.25, 0.3) is 0 Å². The van der Waals surface area contributed by atoms with Crippen molar-refractivity contribution >= 4 is 28.8 Å². The van der Waals surface area contributed by atoms with Crippen molar-refractivity contribution in [2.45, 2.75) is 12.3 Å². The fourth-order valence-electron chi connectivity index (χ4n) is 0.649. The predicted molar refractivity (Wildman–Crippen MR) is 49.8 cm³/mol. The third-order valence-corrected chi connectivity index (χ3v) is 1.95. The van der Waals surface area contributed by atoms with Crippen molar-refractivity contribution in [2.24, 2.45) is 0 Å². The molecule has 3 nitrogen and oxygen atoms in total. The van der Waals surface area contributed by atoms with E-state index in [0.29, 0.717) is 12.2 Å². The van der Waals surface area contributed by atoms with Crippen LogP contribution in [0.4, 0.5) is 0 Å². The van der Waals surface area contributed by atoms with Gasteiger partial charge in [-0.1, -0.05) is 0 Å². The van der Waals surface area contributed by atoms with Gasteiger partial charge in [0.25, 0.3) is 5.91 Å². The van der Waals surface area contributed by atoms with Crippen LogP contribution in [-0.4, -0.2) is 22.8 Å². The lowest BCUT2D eigenvalue weighted by molar-refractivity contribution is 0.0949. The van der Waals surface area contributed by atoms with Crippen LogP contribution in [0.5, 0.6) is 0 Å². The molecule has 0 spiro atoms. The SMILES string of the molecule is CC(Cl)CNC(=O)c1cscn1. The number of nitrogens with zero attached hydrogens (tertiary/aromatic N) is 1. The molecule has 0 aromatic carbocycles. The van der Waals surface area contributed by atoms with Gasteiger partial charge in [0.05, 0.1) is 5.51 Å². The number of hydrogen-bond acceptors (Lipinski definition) is 3. The topological polar surface area (TPSA) is 42.0 Å². The highest BCUT2D eigenvalue weighted by atomic mass is 35.5. The molecule has 1 amide bonds. The largest absolute Gasteiger partial charge is 0.349 e. The lowest BCUT2D eigenvalue weighted by atomic mass is 10.4. The summed E-state index contributed by atoms with van der Waals surface area (Å²) in [6.45, 7) is 2.29. The molecule has 1 aromatic rings. The van der Waals surface area contributed by atoms with E-state index >= 15 is 0 Å². The van der Waals surface area contributed by atoms with E-state index in [1.54, 1.807) is 10.9 Å². The highest BCUT2D eigenvalue weighted by Gasteiger charge is 2.07. The molecule has 5 heteroatoms. The Morgan fingerprint density at radius 3 is 3.17 bits per heavy atom. The minimum Gasteiger partial charge on any atom is -0.349 e. The number of carbonyl (C=O) groups excluding carboxylic acids is 1. The fourth-order valence-corrected chi connectivity index (χ4v) is 1.26. The van der Waals surface area contributed by atoms with Gasteiger partial charge in [-0.15, -0.1) is 22.9 Å². The maximum atomic E-state index is 11.2. The van der Waals surface area contributed by atoms with E-state index in [0.717, 1.165) is 0 Å². The maximum absolute atomic E-state index is 11.2. The third-order valence-electron chi connectivity index (χ3n) is 1.21. The first-order valence-corrected chi connectivity index (χ1v) is 4.88. The molecule has 12 heavy (non-hydrogen) atoms. The number of alkyl halides is 1. The Morgan fingerprint density at radius 1 is 1.92 bits per heavy atom. The average Bonchev–Trinajstić information content (AvgIpc) is 2.51. The van der Waals surface area contributed by atoms with Crippen LogP contribution in [0, 0.1) is 0 Å². The zero-order valence-corrected chi connectivity index (χ0v) is 8.15. The van der Waals surface area contributed by atoms with E-state index in [9.17, 15) is 4.79 Å². The summed E-state index contributed by atoms with van der Waals surface area (Å²) in [7, 11) is 0. The molecular formula is C7H9ClN2OS. The number of hydrogen-bond donors (Lipinski definition) is 1. The molecule has 0 aliphatic rings. The van der Waals surface area contributed by atoms with E-state index in [-0.39, 0.29) is 11.3 Å². The van der Waals surface area contributed by atoms with Gasteiger partial charge in [-0.25, -0.2) is 4.98 Å². The van der Waals surface area contributed by atoms with Crippen LogP contribution in [-0.2, 0) is 0 Å².